The molecule has 0 saturated carbocycles. The summed E-state index contributed by atoms with van der Waals surface area (Å²) in [6.45, 7) is 5.01. The van der Waals surface area contributed by atoms with Crippen LogP contribution in [0.1, 0.15) is 31.9 Å². The van der Waals surface area contributed by atoms with Crippen LogP contribution in [0.5, 0.6) is 5.75 Å². The minimum atomic E-state index is 0.155. The Morgan fingerprint density at radius 3 is 2.95 bits per heavy atom. The molecule has 2 rings (SSSR count). The van der Waals surface area contributed by atoms with Crippen LogP contribution in [0.15, 0.2) is 27.7 Å². The van der Waals surface area contributed by atoms with Gasteiger partial charge in [0.15, 0.2) is 5.96 Å². The first-order valence-electron chi connectivity index (χ1n) is 6.50. The lowest BCUT2D eigenvalue weighted by molar-refractivity contribution is 0.262. The van der Waals surface area contributed by atoms with Crippen LogP contribution in [0.25, 0.3) is 0 Å². The zero-order chi connectivity index (χ0) is 14.0. The molecule has 1 aliphatic heterocycles. The molecule has 2 unspecified atom stereocenters. The minimum Gasteiger partial charge on any atom is -0.496 e. The molecule has 2 atom stereocenters. The monoisotopic (exact) mass is 325 g/mol. The van der Waals surface area contributed by atoms with Crippen molar-refractivity contribution in [3.63, 3.8) is 0 Å². The van der Waals surface area contributed by atoms with Gasteiger partial charge in [0, 0.05) is 16.1 Å². The molecular weight excluding hydrogens is 306 g/mol. The number of benzene rings is 1. The van der Waals surface area contributed by atoms with Crippen molar-refractivity contribution in [3.05, 3.63) is 28.2 Å². The third-order valence-electron chi connectivity index (χ3n) is 3.64. The Balaban J connectivity index is 2.38. The van der Waals surface area contributed by atoms with E-state index in [-0.39, 0.29) is 6.04 Å². The van der Waals surface area contributed by atoms with Crippen LogP contribution in [0.3, 0.4) is 0 Å². The predicted molar refractivity (Wildman–Crippen MR) is 81.5 cm³/mol. The number of rotatable bonds is 4. The topological polar surface area (TPSA) is 50.8 Å². The van der Waals surface area contributed by atoms with Crippen LogP contribution in [-0.4, -0.2) is 30.6 Å². The van der Waals surface area contributed by atoms with E-state index in [4.69, 9.17) is 10.5 Å². The normalized spacial score (nSPS) is 20.3. The minimum absolute atomic E-state index is 0.155. The highest BCUT2D eigenvalue weighted by Gasteiger charge is 2.32. The molecule has 1 heterocycles. The van der Waals surface area contributed by atoms with Gasteiger partial charge in [-0.25, -0.2) is 0 Å². The van der Waals surface area contributed by atoms with E-state index >= 15 is 0 Å². The average molecular weight is 326 g/mol. The standard InChI is InChI=1S/C14H20BrN3O/c1-4-9(2)18-12(8-17-14(18)16)11-7-10(15)5-6-13(11)19-3/h5-7,9,12H,4,8H2,1-3H3,(H2,16,17). The molecule has 0 saturated heterocycles. The molecule has 0 radical (unpaired) electrons. The molecule has 19 heavy (non-hydrogen) atoms. The average Bonchev–Trinajstić information content (AvgIpc) is 2.79. The summed E-state index contributed by atoms with van der Waals surface area (Å²) in [6, 6.07) is 6.56. The molecule has 1 aromatic carbocycles. The van der Waals surface area contributed by atoms with Gasteiger partial charge in [-0.3, -0.25) is 4.99 Å². The van der Waals surface area contributed by atoms with Crippen LogP contribution in [0, 0.1) is 0 Å². The van der Waals surface area contributed by atoms with E-state index in [0.717, 1.165) is 22.2 Å². The van der Waals surface area contributed by atoms with Crippen molar-refractivity contribution in [2.75, 3.05) is 13.7 Å². The van der Waals surface area contributed by atoms with Crippen LogP contribution in [0.4, 0.5) is 0 Å². The molecule has 0 amide bonds. The Kier molecular flexibility index (Phi) is 4.34. The summed E-state index contributed by atoms with van der Waals surface area (Å²) in [5.74, 6) is 1.51. The second kappa shape index (κ2) is 5.82. The fourth-order valence-corrected chi connectivity index (χ4v) is 2.83. The lowest BCUT2D eigenvalue weighted by Gasteiger charge is -2.32. The molecular formula is C14H20BrN3O. The summed E-state index contributed by atoms with van der Waals surface area (Å²) < 4.78 is 6.51. The second-order valence-electron chi connectivity index (χ2n) is 4.77. The van der Waals surface area contributed by atoms with Gasteiger partial charge in [0.05, 0.1) is 19.7 Å². The highest BCUT2D eigenvalue weighted by Crippen LogP contribution is 2.35. The second-order valence-corrected chi connectivity index (χ2v) is 5.68. The number of aliphatic imine (C=N–C) groups is 1. The van der Waals surface area contributed by atoms with E-state index in [2.05, 4.69) is 45.7 Å². The van der Waals surface area contributed by atoms with Gasteiger partial charge < -0.3 is 15.4 Å². The molecule has 4 nitrogen and oxygen atoms in total. The Bertz CT molecular complexity index is 490. The first-order chi connectivity index (χ1) is 9.08. The summed E-state index contributed by atoms with van der Waals surface area (Å²) >= 11 is 3.52. The maximum absolute atomic E-state index is 6.04. The van der Waals surface area contributed by atoms with E-state index < -0.39 is 0 Å². The van der Waals surface area contributed by atoms with Gasteiger partial charge in [-0.1, -0.05) is 22.9 Å². The van der Waals surface area contributed by atoms with Crippen LogP contribution >= 0.6 is 15.9 Å². The van der Waals surface area contributed by atoms with E-state index in [9.17, 15) is 0 Å². The Labute approximate surface area is 122 Å². The summed E-state index contributed by atoms with van der Waals surface area (Å²) in [4.78, 5) is 6.58. The molecule has 0 bridgehead atoms. The molecule has 0 aromatic heterocycles. The Morgan fingerprint density at radius 1 is 1.58 bits per heavy atom. The van der Waals surface area contributed by atoms with Crippen LogP contribution < -0.4 is 10.5 Å². The summed E-state index contributed by atoms with van der Waals surface area (Å²) in [7, 11) is 1.69. The number of ether oxygens (including phenoxy) is 1. The predicted octanol–water partition coefficient (Wildman–Crippen LogP) is 2.93. The zero-order valence-electron chi connectivity index (χ0n) is 11.6. The molecule has 5 heteroatoms. The van der Waals surface area contributed by atoms with Crippen LogP contribution in [-0.2, 0) is 0 Å². The number of nitrogens with two attached hydrogens (primary N) is 1. The lowest BCUT2D eigenvalue weighted by Crippen LogP contribution is -2.42. The summed E-state index contributed by atoms with van der Waals surface area (Å²) in [5, 5.41) is 0. The Hall–Kier alpha value is -1.23. The quantitative estimate of drug-likeness (QED) is 0.925. The van der Waals surface area contributed by atoms with E-state index in [1.807, 2.05) is 12.1 Å². The van der Waals surface area contributed by atoms with Crippen molar-refractivity contribution < 1.29 is 4.74 Å². The molecule has 104 valence electrons. The largest absolute Gasteiger partial charge is 0.496 e. The lowest BCUT2D eigenvalue weighted by atomic mass is 10.0. The van der Waals surface area contributed by atoms with Crippen molar-refractivity contribution in [2.45, 2.75) is 32.4 Å². The van der Waals surface area contributed by atoms with Gasteiger partial charge >= 0.3 is 0 Å². The third-order valence-corrected chi connectivity index (χ3v) is 4.14. The summed E-state index contributed by atoms with van der Waals surface area (Å²) in [6.07, 6.45) is 1.03. The summed E-state index contributed by atoms with van der Waals surface area (Å²) in [5.41, 5.74) is 7.16. The fourth-order valence-electron chi connectivity index (χ4n) is 2.45. The molecule has 1 aliphatic rings. The van der Waals surface area contributed by atoms with Gasteiger partial charge in [-0.15, -0.1) is 0 Å². The molecule has 1 aromatic rings. The highest BCUT2D eigenvalue weighted by molar-refractivity contribution is 9.10. The molecule has 0 aliphatic carbocycles. The van der Waals surface area contributed by atoms with Crippen molar-refractivity contribution in [2.24, 2.45) is 10.7 Å². The zero-order valence-corrected chi connectivity index (χ0v) is 13.1. The maximum atomic E-state index is 6.04. The van der Waals surface area contributed by atoms with E-state index in [0.29, 0.717) is 18.5 Å². The van der Waals surface area contributed by atoms with E-state index in [1.165, 1.54) is 0 Å². The maximum Gasteiger partial charge on any atom is 0.192 e. The van der Waals surface area contributed by atoms with Crippen molar-refractivity contribution in [1.82, 2.24) is 4.90 Å². The van der Waals surface area contributed by atoms with Crippen LogP contribution in [0.2, 0.25) is 0 Å². The molecule has 0 spiro atoms. The highest BCUT2D eigenvalue weighted by atomic mass is 79.9. The number of hydrogen-bond acceptors (Lipinski definition) is 4. The van der Waals surface area contributed by atoms with Crippen molar-refractivity contribution in [1.29, 1.82) is 0 Å². The number of halogens is 1. The van der Waals surface area contributed by atoms with Gasteiger partial charge in [-0.05, 0) is 31.5 Å². The van der Waals surface area contributed by atoms with Gasteiger partial charge in [0.1, 0.15) is 5.75 Å². The molecule has 0 fully saturated rings. The fraction of sp³-hybridized carbons (Fsp3) is 0.500. The molecule has 2 N–H and O–H groups in total. The first kappa shape index (κ1) is 14.2. The van der Waals surface area contributed by atoms with Gasteiger partial charge in [0.25, 0.3) is 0 Å². The number of guanidine groups is 1. The Morgan fingerprint density at radius 2 is 2.32 bits per heavy atom. The van der Waals surface area contributed by atoms with Gasteiger partial charge in [0.2, 0.25) is 0 Å². The number of nitrogens with zero attached hydrogens (tertiary/aromatic N) is 2. The third kappa shape index (κ3) is 2.71. The first-order valence-corrected chi connectivity index (χ1v) is 7.29. The number of hydrogen-bond donors (Lipinski definition) is 1. The van der Waals surface area contributed by atoms with E-state index in [1.54, 1.807) is 7.11 Å². The SMILES string of the molecule is CCC(C)N1C(N)=NCC1c1cc(Br)ccc1OC. The number of methoxy groups -OCH3 is 1. The smallest absolute Gasteiger partial charge is 0.192 e. The van der Waals surface area contributed by atoms with Crippen molar-refractivity contribution >= 4 is 21.9 Å². The van der Waals surface area contributed by atoms with Gasteiger partial charge in [-0.2, -0.15) is 0 Å². The van der Waals surface area contributed by atoms with Crippen molar-refractivity contribution in [3.8, 4) is 5.75 Å².